The Bertz CT molecular complexity index is 669. The molecule has 0 bridgehead atoms. The van der Waals surface area contributed by atoms with Crippen LogP contribution in [0.15, 0.2) is 48.5 Å². The lowest BCUT2D eigenvalue weighted by Gasteiger charge is -2.28. The van der Waals surface area contributed by atoms with Crippen LogP contribution in [0.2, 0.25) is 13.1 Å². The molecule has 0 fully saturated rings. The summed E-state index contributed by atoms with van der Waals surface area (Å²) in [6.07, 6.45) is 4.41. The molecule has 0 saturated heterocycles. The Kier molecular flexibility index (Phi) is 4.58. The van der Waals surface area contributed by atoms with Crippen molar-refractivity contribution in [3.8, 4) is 0 Å². The van der Waals surface area contributed by atoms with Crippen LogP contribution < -0.4 is 10.4 Å². The van der Waals surface area contributed by atoms with Crippen LogP contribution in [0.4, 0.5) is 0 Å². The van der Waals surface area contributed by atoms with E-state index in [2.05, 4.69) is 69.4 Å². The van der Waals surface area contributed by atoms with Gasteiger partial charge in [-0.1, -0.05) is 72.4 Å². The van der Waals surface area contributed by atoms with E-state index in [1.54, 1.807) is 6.08 Å². The fourth-order valence-electron chi connectivity index (χ4n) is 3.01. The van der Waals surface area contributed by atoms with Crippen molar-refractivity contribution < 1.29 is 4.79 Å². The molecular weight excluding hydrogens is 272 g/mol. The van der Waals surface area contributed by atoms with Gasteiger partial charge in [0.25, 0.3) is 0 Å². The van der Waals surface area contributed by atoms with Gasteiger partial charge in [0.05, 0.1) is 0 Å². The molecule has 0 amide bonds. The summed E-state index contributed by atoms with van der Waals surface area (Å²) in [6, 6.07) is 15.1. The zero-order chi connectivity index (χ0) is 15.5. The molecule has 0 aliphatic carbocycles. The molecule has 2 aromatic rings. The molecule has 0 spiro atoms. The lowest BCUT2D eigenvalue weighted by molar-refractivity contribution is -0.104. The Morgan fingerprint density at radius 3 is 2.14 bits per heavy atom. The third-order valence-corrected chi connectivity index (χ3v) is 7.82. The van der Waals surface area contributed by atoms with E-state index in [0.717, 1.165) is 6.29 Å². The second-order valence-corrected chi connectivity index (χ2v) is 10.3. The molecule has 0 aromatic heterocycles. The summed E-state index contributed by atoms with van der Waals surface area (Å²) >= 11 is 0. The van der Waals surface area contributed by atoms with E-state index < -0.39 is 8.07 Å². The van der Waals surface area contributed by atoms with Crippen molar-refractivity contribution in [3.05, 3.63) is 65.2 Å². The number of hydrogen-bond donors (Lipinski definition) is 0. The molecule has 2 aromatic carbocycles. The largest absolute Gasteiger partial charge is 0.299 e. The summed E-state index contributed by atoms with van der Waals surface area (Å²) in [6.45, 7) is 9.04. The lowest BCUT2D eigenvalue weighted by atomic mass is 10.0. The van der Waals surface area contributed by atoms with Crippen LogP contribution in [-0.2, 0) is 4.79 Å². The first kappa shape index (κ1) is 15.5. The molecule has 108 valence electrons. The minimum absolute atomic E-state index is 0.850. The molecule has 0 unspecified atom stereocenters. The Hall–Kier alpha value is -1.93. The van der Waals surface area contributed by atoms with Gasteiger partial charge in [-0.15, -0.1) is 0 Å². The van der Waals surface area contributed by atoms with Crippen molar-refractivity contribution >= 4 is 30.8 Å². The maximum Gasteiger partial charge on any atom is 0.142 e. The molecule has 0 radical (unpaired) electrons. The van der Waals surface area contributed by atoms with Crippen LogP contribution in [0.3, 0.4) is 0 Å². The fourth-order valence-corrected chi connectivity index (χ4v) is 6.35. The molecule has 1 nitrogen and oxygen atoms in total. The molecule has 0 N–H and O–H groups in total. The van der Waals surface area contributed by atoms with Gasteiger partial charge in [-0.05, 0) is 36.2 Å². The summed E-state index contributed by atoms with van der Waals surface area (Å²) in [5.74, 6) is 0. The van der Waals surface area contributed by atoms with Crippen LogP contribution >= 0.6 is 0 Å². The number of benzene rings is 2. The Morgan fingerprint density at radius 1 is 0.905 bits per heavy atom. The van der Waals surface area contributed by atoms with Crippen LogP contribution in [-0.4, -0.2) is 14.4 Å². The molecule has 2 rings (SSSR count). The predicted octanol–water partition coefficient (Wildman–Crippen LogP) is 3.34. The first-order chi connectivity index (χ1) is 9.98. The van der Waals surface area contributed by atoms with Gasteiger partial charge < -0.3 is 0 Å². The highest BCUT2D eigenvalue weighted by Crippen LogP contribution is 2.17. The average molecular weight is 294 g/mol. The highest BCUT2D eigenvalue weighted by Gasteiger charge is 2.29. The zero-order valence-electron chi connectivity index (χ0n) is 13.2. The van der Waals surface area contributed by atoms with Crippen molar-refractivity contribution in [1.29, 1.82) is 0 Å². The van der Waals surface area contributed by atoms with Crippen molar-refractivity contribution in [3.63, 3.8) is 0 Å². The van der Waals surface area contributed by atoms with Crippen molar-refractivity contribution in [2.24, 2.45) is 0 Å². The number of carbonyl (C=O) groups excluding carboxylic acids is 1. The van der Waals surface area contributed by atoms with Gasteiger partial charge in [0.15, 0.2) is 0 Å². The van der Waals surface area contributed by atoms with Crippen LogP contribution in [0.5, 0.6) is 0 Å². The molecule has 0 heterocycles. The summed E-state index contributed by atoms with van der Waals surface area (Å²) < 4.78 is 0. The van der Waals surface area contributed by atoms with Crippen LogP contribution in [0.1, 0.15) is 16.7 Å². The van der Waals surface area contributed by atoms with Gasteiger partial charge in [0.2, 0.25) is 0 Å². The quantitative estimate of drug-likeness (QED) is 0.480. The van der Waals surface area contributed by atoms with E-state index in [9.17, 15) is 4.79 Å². The second kappa shape index (κ2) is 6.23. The molecular formula is C19H22OSi. The summed E-state index contributed by atoms with van der Waals surface area (Å²) in [7, 11) is -1.79. The van der Waals surface area contributed by atoms with Gasteiger partial charge in [0.1, 0.15) is 14.4 Å². The van der Waals surface area contributed by atoms with Crippen LogP contribution in [0.25, 0.3) is 6.08 Å². The molecule has 0 saturated carbocycles. The normalized spacial score (nSPS) is 11.8. The fraction of sp³-hybridized carbons (Fsp3) is 0.211. The molecule has 2 heteroatoms. The Balaban J connectivity index is 2.70. The van der Waals surface area contributed by atoms with Crippen molar-refractivity contribution in [2.75, 3.05) is 0 Å². The minimum atomic E-state index is -1.79. The smallest absolute Gasteiger partial charge is 0.142 e. The maximum absolute atomic E-state index is 10.7. The first-order valence-electron chi connectivity index (χ1n) is 7.26. The number of carbonyl (C=O) groups is 1. The zero-order valence-corrected chi connectivity index (χ0v) is 14.2. The predicted molar refractivity (Wildman–Crippen MR) is 94.2 cm³/mol. The van der Waals surface area contributed by atoms with Crippen LogP contribution in [0, 0.1) is 13.8 Å². The van der Waals surface area contributed by atoms with Gasteiger partial charge in [-0.3, -0.25) is 4.79 Å². The first-order valence-corrected chi connectivity index (χ1v) is 10.3. The number of allylic oxidation sites excluding steroid dienone is 1. The standard InChI is InChI=1S/C19H22OSi/c1-15-12-13-16(2)19(18(15)11-8-14-20)21(3,4)17-9-6-5-7-10-17/h5-14H,1-4H3/b11-8+. The van der Waals surface area contributed by atoms with E-state index >= 15 is 0 Å². The number of rotatable bonds is 4. The number of hydrogen-bond acceptors (Lipinski definition) is 1. The van der Waals surface area contributed by atoms with Gasteiger partial charge in [-0.25, -0.2) is 0 Å². The summed E-state index contributed by atoms with van der Waals surface area (Å²) in [4.78, 5) is 10.7. The highest BCUT2D eigenvalue weighted by molar-refractivity contribution is 7.01. The monoisotopic (exact) mass is 294 g/mol. The highest BCUT2D eigenvalue weighted by atomic mass is 28.3. The van der Waals surface area contributed by atoms with E-state index in [0.29, 0.717) is 0 Å². The maximum atomic E-state index is 10.7. The lowest BCUT2D eigenvalue weighted by Crippen LogP contribution is -2.55. The molecule has 0 aliphatic heterocycles. The summed E-state index contributed by atoms with van der Waals surface area (Å²) in [5.41, 5.74) is 3.75. The number of aryl methyl sites for hydroxylation is 2. The summed E-state index contributed by atoms with van der Waals surface area (Å²) in [5, 5.41) is 2.84. The topological polar surface area (TPSA) is 17.1 Å². The van der Waals surface area contributed by atoms with E-state index in [1.807, 2.05) is 6.08 Å². The third kappa shape index (κ3) is 3.06. The molecule has 0 atom stereocenters. The van der Waals surface area contributed by atoms with Crippen molar-refractivity contribution in [2.45, 2.75) is 26.9 Å². The van der Waals surface area contributed by atoms with E-state index in [1.165, 1.54) is 27.1 Å². The molecule has 0 aliphatic rings. The van der Waals surface area contributed by atoms with Gasteiger partial charge in [-0.2, -0.15) is 0 Å². The second-order valence-electron chi connectivity index (χ2n) is 5.97. The number of aldehydes is 1. The Labute approximate surface area is 128 Å². The van der Waals surface area contributed by atoms with E-state index in [4.69, 9.17) is 0 Å². The van der Waals surface area contributed by atoms with Crippen molar-refractivity contribution in [1.82, 2.24) is 0 Å². The minimum Gasteiger partial charge on any atom is -0.299 e. The van der Waals surface area contributed by atoms with Gasteiger partial charge in [0, 0.05) is 0 Å². The molecule has 21 heavy (non-hydrogen) atoms. The van der Waals surface area contributed by atoms with E-state index in [-0.39, 0.29) is 0 Å². The Morgan fingerprint density at radius 2 is 1.52 bits per heavy atom. The average Bonchev–Trinajstić information content (AvgIpc) is 2.48. The van der Waals surface area contributed by atoms with Gasteiger partial charge >= 0.3 is 0 Å². The SMILES string of the molecule is Cc1ccc(C)c([Si](C)(C)c2ccccc2)c1/C=C/C=O. The third-order valence-electron chi connectivity index (χ3n) is 4.13.